The third-order valence-corrected chi connectivity index (χ3v) is 8.56. The summed E-state index contributed by atoms with van der Waals surface area (Å²) in [5.74, 6) is 0.605. The van der Waals surface area contributed by atoms with Gasteiger partial charge in [-0.15, -0.1) is 20.7 Å². The maximum Gasteiger partial charge on any atom is 0.311 e. The predicted molar refractivity (Wildman–Crippen MR) is 108 cm³/mol. The summed E-state index contributed by atoms with van der Waals surface area (Å²) >= 11 is 0.0184. The molecule has 24 heavy (non-hydrogen) atoms. The predicted octanol–water partition coefficient (Wildman–Crippen LogP) is 4.54. The molecule has 0 spiro atoms. The first-order chi connectivity index (χ1) is 11.3. The first kappa shape index (κ1) is 19.8. The Balaban J connectivity index is 2.28. The fourth-order valence-electron chi connectivity index (χ4n) is 3.83. The number of fused-ring (bicyclic) bond motifs is 1. The van der Waals surface area contributed by atoms with Crippen LogP contribution >= 0.6 is 20.7 Å². The van der Waals surface area contributed by atoms with Gasteiger partial charge in [-0.1, -0.05) is 30.0 Å². The molecule has 0 aromatic rings. The smallest absolute Gasteiger partial charge is 0.311 e. The lowest BCUT2D eigenvalue weighted by Crippen LogP contribution is -2.48. The Morgan fingerprint density at radius 3 is 2.62 bits per heavy atom. The van der Waals surface area contributed by atoms with Crippen LogP contribution in [0.25, 0.3) is 0 Å². The highest BCUT2D eigenvalue weighted by molar-refractivity contribution is 14.2. The summed E-state index contributed by atoms with van der Waals surface area (Å²) in [6.07, 6.45) is 8.28. The number of halogens is 1. The zero-order chi connectivity index (χ0) is 17.9. The number of hydrogen-bond donors (Lipinski definition) is 0. The van der Waals surface area contributed by atoms with Crippen LogP contribution in [0.3, 0.4) is 0 Å². The second kappa shape index (κ2) is 8.24. The molecule has 0 bridgehead atoms. The molecule has 0 heterocycles. The van der Waals surface area contributed by atoms with Crippen LogP contribution in [-0.4, -0.2) is 26.3 Å². The molecule has 1 fully saturated rings. The van der Waals surface area contributed by atoms with Crippen LogP contribution in [0, 0.1) is 29.1 Å². The van der Waals surface area contributed by atoms with E-state index in [1.807, 2.05) is 20.8 Å². The Morgan fingerprint density at radius 1 is 1.33 bits per heavy atom. The summed E-state index contributed by atoms with van der Waals surface area (Å²) in [6, 6.07) is 0. The van der Waals surface area contributed by atoms with Crippen molar-refractivity contribution < 1.29 is 14.3 Å². The van der Waals surface area contributed by atoms with E-state index < -0.39 is 5.41 Å². The number of alkyl halides is 1. The third-order valence-electron chi connectivity index (χ3n) is 5.81. The zero-order valence-electron chi connectivity index (χ0n) is 15.5. The molecule has 0 aliphatic heterocycles. The third kappa shape index (κ3) is 4.17. The van der Waals surface area contributed by atoms with Crippen molar-refractivity contribution >= 4 is 37.0 Å². The minimum absolute atomic E-state index is 0.0184. The first-order valence-corrected chi connectivity index (χ1v) is 11.6. The SMILES string of the molecule is CC=I[C@H]1CC2C=CC(C)[C@H](C=O)C2[C@@H](OC(=O)C(C)(C)CC)C1. The highest BCUT2D eigenvalue weighted by Crippen LogP contribution is 2.46. The standard InChI is InChI=1S/C20H31IO3/c1-6-20(4,5)19(23)24-17-11-15(21-7-2)10-14-9-8-13(3)16(12-22)18(14)17/h7-9,12-18H,6,10-11H2,1-5H3/t13?,14?,15-,16-,17-,18?/m0/s1. The molecule has 0 aromatic carbocycles. The minimum atomic E-state index is -0.457. The molecule has 0 N–H and O–H groups in total. The lowest BCUT2D eigenvalue weighted by molar-refractivity contribution is -0.168. The second-order valence-electron chi connectivity index (χ2n) is 7.79. The average Bonchev–Trinajstić information content (AvgIpc) is 2.55. The molecule has 4 heteroatoms. The lowest BCUT2D eigenvalue weighted by atomic mass is 9.64. The van der Waals surface area contributed by atoms with Crippen LogP contribution in [0.5, 0.6) is 0 Å². The molecular formula is C20H31IO3. The normalized spacial score (nSPS) is 36.7. The van der Waals surface area contributed by atoms with Gasteiger partial charge >= 0.3 is 5.97 Å². The van der Waals surface area contributed by atoms with Crippen LogP contribution in [0.1, 0.15) is 53.9 Å². The van der Waals surface area contributed by atoms with Gasteiger partial charge in [-0.3, -0.25) is 4.79 Å². The number of esters is 1. The van der Waals surface area contributed by atoms with Crippen molar-refractivity contribution in [3.8, 4) is 0 Å². The molecule has 1 saturated carbocycles. The maximum absolute atomic E-state index is 12.7. The molecular weight excluding hydrogens is 415 g/mol. The van der Waals surface area contributed by atoms with Crippen LogP contribution < -0.4 is 0 Å². The quantitative estimate of drug-likeness (QED) is 0.205. The highest BCUT2D eigenvalue weighted by atomic mass is 127. The number of ether oxygens (including phenoxy) is 1. The number of allylic oxidation sites excluding steroid dienone is 2. The van der Waals surface area contributed by atoms with Gasteiger partial charge in [0, 0.05) is 15.8 Å². The fourth-order valence-corrected chi connectivity index (χ4v) is 6.53. The molecule has 3 unspecified atom stereocenters. The van der Waals surface area contributed by atoms with Crippen molar-refractivity contribution in [2.24, 2.45) is 29.1 Å². The molecule has 0 aromatic heterocycles. The molecule has 2 rings (SSSR count). The van der Waals surface area contributed by atoms with Gasteiger partial charge in [-0.25, -0.2) is 0 Å². The Labute approximate surface area is 156 Å². The van der Waals surface area contributed by atoms with Gasteiger partial charge in [0.15, 0.2) is 0 Å². The number of rotatable bonds is 5. The summed E-state index contributed by atoms with van der Waals surface area (Å²) in [5.41, 5.74) is -0.457. The van der Waals surface area contributed by atoms with Gasteiger partial charge in [0.05, 0.1) is 5.41 Å². The molecule has 136 valence electrons. The largest absolute Gasteiger partial charge is 0.462 e. The number of aldehydes is 1. The van der Waals surface area contributed by atoms with E-state index in [0.717, 1.165) is 25.5 Å². The summed E-state index contributed by atoms with van der Waals surface area (Å²) in [4.78, 5) is 24.4. The average molecular weight is 446 g/mol. The van der Waals surface area contributed by atoms with E-state index in [9.17, 15) is 9.59 Å². The molecule has 0 amide bonds. The molecule has 2 aliphatic rings. The van der Waals surface area contributed by atoms with E-state index in [4.69, 9.17) is 4.74 Å². The zero-order valence-corrected chi connectivity index (χ0v) is 17.7. The van der Waals surface area contributed by atoms with Crippen molar-refractivity contribution in [3.63, 3.8) is 0 Å². The van der Waals surface area contributed by atoms with Gasteiger partial charge in [0.25, 0.3) is 0 Å². The second-order valence-corrected chi connectivity index (χ2v) is 11.5. The lowest BCUT2D eigenvalue weighted by Gasteiger charge is -2.45. The molecule has 3 nitrogen and oxygen atoms in total. The summed E-state index contributed by atoms with van der Waals surface area (Å²) in [5, 5.41) is 0. The molecule has 6 atom stereocenters. The van der Waals surface area contributed by atoms with Crippen molar-refractivity contribution in [3.05, 3.63) is 12.2 Å². The van der Waals surface area contributed by atoms with E-state index in [-0.39, 0.29) is 50.6 Å². The summed E-state index contributed by atoms with van der Waals surface area (Å²) in [6.45, 7) is 10.1. The monoisotopic (exact) mass is 446 g/mol. The van der Waals surface area contributed by atoms with Crippen molar-refractivity contribution in [1.82, 2.24) is 0 Å². The van der Waals surface area contributed by atoms with Crippen molar-refractivity contribution in [2.45, 2.75) is 63.9 Å². The van der Waals surface area contributed by atoms with E-state index in [1.54, 1.807) is 0 Å². The Morgan fingerprint density at radius 2 is 2.04 bits per heavy atom. The van der Waals surface area contributed by atoms with E-state index in [0.29, 0.717) is 9.84 Å². The van der Waals surface area contributed by atoms with Gasteiger partial charge in [-0.05, 0) is 51.9 Å². The molecule has 0 saturated heterocycles. The van der Waals surface area contributed by atoms with Gasteiger partial charge < -0.3 is 9.53 Å². The number of hydrogen-bond acceptors (Lipinski definition) is 3. The Hall–Kier alpha value is -0.520. The maximum atomic E-state index is 12.7. The minimum Gasteiger partial charge on any atom is -0.462 e. The summed E-state index contributed by atoms with van der Waals surface area (Å²) < 4.78 is 9.00. The fraction of sp³-hybridized carbons (Fsp3) is 0.750. The van der Waals surface area contributed by atoms with Crippen molar-refractivity contribution in [2.75, 3.05) is 0 Å². The molecule has 0 radical (unpaired) electrons. The van der Waals surface area contributed by atoms with E-state index in [2.05, 4.69) is 30.0 Å². The van der Waals surface area contributed by atoms with Gasteiger partial charge in [0.2, 0.25) is 0 Å². The van der Waals surface area contributed by atoms with Gasteiger partial charge in [-0.2, -0.15) is 0 Å². The van der Waals surface area contributed by atoms with Crippen LogP contribution in [0.2, 0.25) is 0 Å². The highest BCUT2D eigenvalue weighted by Gasteiger charge is 2.46. The molecule has 2 aliphatic carbocycles. The van der Waals surface area contributed by atoms with E-state index >= 15 is 0 Å². The van der Waals surface area contributed by atoms with Crippen LogP contribution in [0.15, 0.2) is 12.2 Å². The Bertz CT molecular complexity index is 523. The van der Waals surface area contributed by atoms with Gasteiger partial charge in [0.1, 0.15) is 12.4 Å². The number of carbonyl (C=O) groups is 2. The Kier molecular flexibility index (Phi) is 6.80. The van der Waals surface area contributed by atoms with Crippen molar-refractivity contribution in [1.29, 1.82) is 0 Å². The van der Waals surface area contributed by atoms with E-state index in [1.165, 1.54) is 0 Å². The van der Waals surface area contributed by atoms with Crippen LogP contribution in [-0.2, 0) is 14.3 Å². The van der Waals surface area contributed by atoms with Crippen LogP contribution in [0.4, 0.5) is 0 Å². The topological polar surface area (TPSA) is 43.4 Å². The number of carbonyl (C=O) groups excluding carboxylic acids is 2. The summed E-state index contributed by atoms with van der Waals surface area (Å²) in [7, 11) is 0. The first-order valence-electron chi connectivity index (χ1n) is 9.08.